The molecule has 0 saturated heterocycles. The molecular formula is C7H10F3N3OS. The van der Waals surface area contributed by atoms with Crippen LogP contribution in [-0.4, -0.2) is 28.0 Å². The number of halogens is 3. The minimum atomic E-state index is -4.16. The fraction of sp³-hybridized carbons (Fsp3) is 0.714. The highest BCUT2D eigenvalue weighted by molar-refractivity contribution is 8.00. The number of alkyl halides is 3. The summed E-state index contributed by atoms with van der Waals surface area (Å²) in [5.41, 5.74) is -4.16. The number of nitrogens with zero attached hydrogens (tertiary/aromatic N) is 2. The van der Waals surface area contributed by atoms with E-state index >= 15 is 0 Å². The Kier molecular flexibility index (Phi) is 4.40. The Labute approximate surface area is 88.6 Å². The quantitative estimate of drug-likeness (QED) is 0.795. The molecule has 4 nitrogen and oxygen atoms in total. The number of hydrogen-bond acceptors (Lipinski definition) is 5. The summed E-state index contributed by atoms with van der Waals surface area (Å²) < 4.78 is 40.1. The van der Waals surface area contributed by atoms with E-state index in [1.807, 2.05) is 0 Å². The molecule has 0 aliphatic rings. The van der Waals surface area contributed by atoms with E-state index in [4.69, 9.17) is 4.42 Å². The summed E-state index contributed by atoms with van der Waals surface area (Å²) in [6, 6.07) is 0. The number of rotatable bonds is 5. The average molecular weight is 241 g/mol. The summed E-state index contributed by atoms with van der Waals surface area (Å²) in [5, 5.41) is 10.0. The van der Waals surface area contributed by atoms with Gasteiger partial charge in [0.15, 0.2) is 0 Å². The number of thioether (sulfide) groups is 1. The van der Waals surface area contributed by atoms with Crippen LogP contribution in [0.2, 0.25) is 0 Å². The van der Waals surface area contributed by atoms with Crippen molar-refractivity contribution in [3.63, 3.8) is 0 Å². The van der Waals surface area contributed by atoms with Crippen molar-refractivity contribution in [3.05, 3.63) is 11.8 Å². The van der Waals surface area contributed by atoms with Gasteiger partial charge in [0.25, 0.3) is 0 Å². The van der Waals surface area contributed by atoms with Crippen molar-refractivity contribution in [3.8, 4) is 0 Å². The van der Waals surface area contributed by atoms with Gasteiger partial charge in [-0.1, -0.05) is 0 Å². The molecule has 1 heterocycles. The van der Waals surface area contributed by atoms with Crippen LogP contribution in [0.5, 0.6) is 0 Å². The third-order valence-electron chi connectivity index (χ3n) is 1.39. The number of aryl methyl sites for hydroxylation is 1. The molecule has 1 aromatic rings. The third-order valence-corrected chi connectivity index (χ3v) is 2.12. The number of aromatic nitrogens is 2. The predicted octanol–water partition coefficient (Wildman–Crippen LogP) is 1.72. The normalized spacial score (nSPS) is 12.0. The van der Waals surface area contributed by atoms with Gasteiger partial charge in [-0.15, -0.1) is 10.2 Å². The first-order chi connectivity index (χ1) is 6.97. The van der Waals surface area contributed by atoms with Gasteiger partial charge in [-0.3, -0.25) is 0 Å². The molecule has 1 N–H and O–H groups in total. The van der Waals surface area contributed by atoms with Gasteiger partial charge >= 0.3 is 5.51 Å². The molecular weight excluding hydrogens is 231 g/mol. The summed E-state index contributed by atoms with van der Waals surface area (Å²) in [5.74, 6) is 0.789. The van der Waals surface area contributed by atoms with Crippen LogP contribution in [0.4, 0.5) is 13.2 Å². The Balaban J connectivity index is 2.07. The van der Waals surface area contributed by atoms with Crippen LogP contribution in [0.15, 0.2) is 4.42 Å². The second kappa shape index (κ2) is 5.36. The zero-order valence-electron chi connectivity index (χ0n) is 7.97. The first-order valence-electron chi connectivity index (χ1n) is 4.18. The molecule has 0 bridgehead atoms. The van der Waals surface area contributed by atoms with E-state index in [1.165, 1.54) is 0 Å². The summed E-state index contributed by atoms with van der Waals surface area (Å²) in [4.78, 5) is 0. The molecule has 0 aliphatic carbocycles. The predicted molar refractivity (Wildman–Crippen MR) is 49.3 cm³/mol. The van der Waals surface area contributed by atoms with Gasteiger partial charge in [0, 0.05) is 19.2 Å². The highest BCUT2D eigenvalue weighted by atomic mass is 32.2. The SMILES string of the molecule is Cc1nnc(CNCCSC(F)(F)F)o1. The second-order valence-electron chi connectivity index (χ2n) is 2.69. The van der Waals surface area contributed by atoms with Crippen LogP contribution in [0.25, 0.3) is 0 Å². The van der Waals surface area contributed by atoms with Crippen molar-refractivity contribution in [1.29, 1.82) is 0 Å². The molecule has 0 atom stereocenters. The van der Waals surface area contributed by atoms with E-state index in [0.29, 0.717) is 18.3 Å². The molecule has 0 spiro atoms. The molecule has 0 aliphatic heterocycles. The fourth-order valence-corrected chi connectivity index (χ4v) is 1.32. The molecule has 0 saturated carbocycles. The van der Waals surface area contributed by atoms with E-state index in [-0.39, 0.29) is 24.1 Å². The van der Waals surface area contributed by atoms with Gasteiger partial charge in [0.1, 0.15) is 0 Å². The van der Waals surface area contributed by atoms with E-state index in [0.717, 1.165) is 0 Å². The molecule has 0 amide bonds. The molecule has 86 valence electrons. The lowest BCUT2D eigenvalue weighted by atomic mass is 10.6. The van der Waals surface area contributed by atoms with Crippen molar-refractivity contribution in [2.45, 2.75) is 19.0 Å². The second-order valence-corrected chi connectivity index (χ2v) is 3.85. The smallest absolute Gasteiger partial charge is 0.424 e. The van der Waals surface area contributed by atoms with Gasteiger partial charge in [-0.25, -0.2) is 0 Å². The Hall–Kier alpha value is -0.760. The van der Waals surface area contributed by atoms with Gasteiger partial charge in [0.05, 0.1) is 6.54 Å². The van der Waals surface area contributed by atoms with Gasteiger partial charge in [-0.2, -0.15) is 13.2 Å². The van der Waals surface area contributed by atoms with Crippen molar-refractivity contribution < 1.29 is 17.6 Å². The van der Waals surface area contributed by atoms with E-state index in [1.54, 1.807) is 6.92 Å². The lowest BCUT2D eigenvalue weighted by Crippen LogP contribution is -2.18. The highest BCUT2D eigenvalue weighted by Gasteiger charge is 2.27. The van der Waals surface area contributed by atoms with Gasteiger partial charge < -0.3 is 9.73 Å². The zero-order valence-corrected chi connectivity index (χ0v) is 8.78. The van der Waals surface area contributed by atoms with Crippen molar-refractivity contribution in [2.75, 3.05) is 12.3 Å². The molecule has 0 radical (unpaired) electrons. The molecule has 0 fully saturated rings. The van der Waals surface area contributed by atoms with Gasteiger partial charge in [0.2, 0.25) is 11.8 Å². The monoisotopic (exact) mass is 241 g/mol. The summed E-state index contributed by atoms with van der Waals surface area (Å²) in [7, 11) is 0. The maximum atomic E-state index is 11.7. The first kappa shape index (κ1) is 12.3. The highest BCUT2D eigenvalue weighted by Crippen LogP contribution is 2.29. The molecule has 8 heteroatoms. The van der Waals surface area contributed by atoms with Crippen molar-refractivity contribution in [2.24, 2.45) is 0 Å². The number of nitrogens with one attached hydrogen (secondary N) is 1. The first-order valence-corrected chi connectivity index (χ1v) is 5.16. The standard InChI is InChI=1S/C7H10F3N3OS/c1-5-12-13-6(14-5)4-11-2-3-15-7(8,9)10/h11H,2-4H2,1H3. The topological polar surface area (TPSA) is 51.0 Å². The maximum absolute atomic E-state index is 11.7. The average Bonchev–Trinajstić information content (AvgIpc) is 2.49. The maximum Gasteiger partial charge on any atom is 0.441 e. The van der Waals surface area contributed by atoms with Gasteiger partial charge in [-0.05, 0) is 11.8 Å². The largest absolute Gasteiger partial charge is 0.441 e. The minimum Gasteiger partial charge on any atom is -0.424 e. The van der Waals surface area contributed by atoms with Crippen LogP contribution in [0.1, 0.15) is 11.8 Å². The Bertz CT molecular complexity index is 302. The van der Waals surface area contributed by atoms with Crippen molar-refractivity contribution >= 4 is 11.8 Å². The summed E-state index contributed by atoms with van der Waals surface area (Å²) in [6.07, 6.45) is 0. The summed E-state index contributed by atoms with van der Waals surface area (Å²) >= 11 is -0.0552. The minimum absolute atomic E-state index is 0.0311. The van der Waals surface area contributed by atoms with Crippen molar-refractivity contribution in [1.82, 2.24) is 15.5 Å². The lowest BCUT2D eigenvalue weighted by Gasteiger charge is -2.05. The molecule has 1 aromatic heterocycles. The Morgan fingerprint density at radius 2 is 2.13 bits per heavy atom. The van der Waals surface area contributed by atoms with E-state index in [2.05, 4.69) is 15.5 Å². The molecule has 15 heavy (non-hydrogen) atoms. The van der Waals surface area contributed by atoms with Crippen LogP contribution in [-0.2, 0) is 6.54 Å². The molecule has 1 rings (SSSR count). The Morgan fingerprint density at radius 3 is 2.67 bits per heavy atom. The fourth-order valence-electron chi connectivity index (χ4n) is 0.843. The van der Waals surface area contributed by atoms with Crippen LogP contribution >= 0.6 is 11.8 Å². The van der Waals surface area contributed by atoms with E-state index < -0.39 is 5.51 Å². The van der Waals surface area contributed by atoms with Crippen LogP contribution in [0.3, 0.4) is 0 Å². The van der Waals surface area contributed by atoms with E-state index in [9.17, 15) is 13.2 Å². The molecule has 0 aromatic carbocycles. The number of hydrogen-bond donors (Lipinski definition) is 1. The molecule has 0 unspecified atom stereocenters. The zero-order chi connectivity index (χ0) is 11.3. The third kappa shape index (κ3) is 5.63. The Morgan fingerprint density at radius 1 is 1.40 bits per heavy atom. The lowest BCUT2D eigenvalue weighted by molar-refractivity contribution is -0.0327. The summed E-state index contributed by atoms with van der Waals surface area (Å²) in [6.45, 7) is 2.18. The van der Waals surface area contributed by atoms with Crippen LogP contribution in [0, 0.1) is 6.92 Å². The van der Waals surface area contributed by atoms with Crippen LogP contribution < -0.4 is 5.32 Å².